The Morgan fingerprint density at radius 2 is 2.05 bits per heavy atom. The molecule has 0 amide bonds. The molecular weight excluding hydrogens is 280 g/mol. The average molecular weight is 300 g/mol. The van der Waals surface area contributed by atoms with Crippen LogP contribution in [0.3, 0.4) is 0 Å². The Kier molecular flexibility index (Phi) is 5.47. The van der Waals surface area contributed by atoms with Crippen molar-refractivity contribution in [2.45, 2.75) is 43.9 Å². The Labute approximate surface area is 122 Å². The molecule has 0 radical (unpaired) electrons. The number of nitrogens with zero attached hydrogens (tertiary/aromatic N) is 4. The summed E-state index contributed by atoms with van der Waals surface area (Å²) in [5, 5.41) is 24.6. The summed E-state index contributed by atoms with van der Waals surface area (Å²) in [6.07, 6.45) is 4.57. The first-order valence-corrected chi connectivity index (χ1v) is 8.00. The maximum atomic E-state index is 10.6. The molecule has 1 aliphatic carbocycles. The number of carboxylic acid groups (broad SMARTS) is 1. The second kappa shape index (κ2) is 7.12. The van der Waals surface area contributed by atoms with E-state index in [0.29, 0.717) is 11.5 Å². The quantitative estimate of drug-likeness (QED) is 0.731. The van der Waals surface area contributed by atoms with Gasteiger partial charge in [0, 0.05) is 24.5 Å². The van der Waals surface area contributed by atoms with Gasteiger partial charge in [0.2, 0.25) is 5.66 Å². The van der Waals surface area contributed by atoms with Crippen molar-refractivity contribution in [1.29, 1.82) is 0 Å². The van der Waals surface area contributed by atoms with Crippen LogP contribution >= 0.6 is 11.8 Å². The van der Waals surface area contributed by atoms with Gasteiger partial charge in [0.25, 0.3) is 0 Å². The number of hydrogen-bond acceptors (Lipinski definition) is 7. The SMILES string of the molecule is COC1CCCCC1C1(CSCCC(=O)O)N=NN=N1. The van der Waals surface area contributed by atoms with Crippen molar-refractivity contribution in [3.05, 3.63) is 0 Å². The van der Waals surface area contributed by atoms with Gasteiger partial charge in [0.1, 0.15) is 0 Å². The molecule has 0 spiro atoms. The maximum absolute atomic E-state index is 10.6. The van der Waals surface area contributed by atoms with E-state index in [1.807, 2.05) is 0 Å². The van der Waals surface area contributed by atoms with Gasteiger partial charge in [-0.05, 0) is 23.3 Å². The first-order valence-electron chi connectivity index (χ1n) is 6.84. The number of rotatable bonds is 7. The van der Waals surface area contributed by atoms with Crippen LogP contribution in [0.15, 0.2) is 20.7 Å². The Balaban J connectivity index is 1.99. The highest BCUT2D eigenvalue weighted by molar-refractivity contribution is 7.99. The molecule has 1 fully saturated rings. The number of carboxylic acids is 1. The molecule has 20 heavy (non-hydrogen) atoms. The topological polar surface area (TPSA) is 96.0 Å². The van der Waals surface area contributed by atoms with Gasteiger partial charge < -0.3 is 9.84 Å². The van der Waals surface area contributed by atoms with E-state index in [-0.39, 0.29) is 18.4 Å². The van der Waals surface area contributed by atoms with Gasteiger partial charge in [-0.3, -0.25) is 4.79 Å². The molecule has 112 valence electrons. The fraction of sp³-hybridized carbons (Fsp3) is 0.917. The molecule has 7 nitrogen and oxygen atoms in total. The van der Waals surface area contributed by atoms with Crippen LogP contribution in [-0.4, -0.2) is 41.5 Å². The van der Waals surface area contributed by atoms with E-state index < -0.39 is 11.6 Å². The summed E-state index contributed by atoms with van der Waals surface area (Å²) >= 11 is 1.54. The van der Waals surface area contributed by atoms with E-state index >= 15 is 0 Å². The Hall–Kier alpha value is -1.02. The van der Waals surface area contributed by atoms with Crippen LogP contribution in [0.2, 0.25) is 0 Å². The molecule has 0 saturated heterocycles. The Morgan fingerprint density at radius 3 is 2.70 bits per heavy atom. The zero-order chi connectivity index (χ0) is 14.4. The third-order valence-corrected chi connectivity index (χ3v) is 4.97. The van der Waals surface area contributed by atoms with Crippen molar-refractivity contribution < 1.29 is 14.6 Å². The summed E-state index contributed by atoms with van der Waals surface area (Å²) < 4.78 is 5.58. The fourth-order valence-electron chi connectivity index (χ4n) is 2.82. The number of methoxy groups -OCH3 is 1. The smallest absolute Gasteiger partial charge is 0.304 e. The van der Waals surface area contributed by atoms with Gasteiger partial charge in [-0.1, -0.05) is 12.8 Å². The summed E-state index contributed by atoms with van der Waals surface area (Å²) in [6.45, 7) is 0. The van der Waals surface area contributed by atoms with Crippen molar-refractivity contribution >= 4 is 17.7 Å². The molecule has 2 atom stereocenters. The van der Waals surface area contributed by atoms with Crippen molar-refractivity contribution in [3.8, 4) is 0 Å². The first-order chi connectivity index (χ1) is 9.68. The minimum atomic E-state index is -0.784. The number of aliphatic carboxylic acids is 1. The van der Waals surface area contributed by atoms with E-state index in [1.54, 1.807) is 7.11 Å². The molecular formula is C12H20N4O3S. The number of hydrogen-bond donors (Lipinski definition) is 1. The minimum absolute atomic E-state index is 0.125. The highest BCUT2D eigenvalue weighted by Crippen LogP contribution is 2.42. The van der Waals surface area contributed by atoms with Crippen LogP contribution in [0.1, 0.15) is 32.1 Å². The highest BCUT2D eigenvalue weighted by Gasteiger charge is 2.47. The molecule has 0 aromatic heterocycles. The summed E-state index contributed by atoms with van der Waals surface area (Å²) in [7, 11) is 1.72. The monoisotopic (exact) mass is 300 g/mol. The van der Waals surface area contributed by atoms with Gasteiger partial charge in [-0.25, -0.2) is 0 Å². The van der Waals surface area contributed by atoms with Gasteiger partial charge in [0.15, 0.2) is 0 Å². The van der Waals surface area contributed by atoms with Crippen LogP contribution < -0.4 is 0 Å². The molecule has 1 saturated carbocycles. The molecule has 2 rings (SSSR count). The van der Waals surface area contributed by atoms with Crippen LogP contribution in [-0.2, 0) is 9.53 Å². The van der Waals surface area contributed by atoms with Crippen molar-refractivity contribution in [1.82, 2.24) is 0 Å². The van der Waals surface area contributed by atoms with E-state index in [9.17, 15) is 4.79 Å². The predicted molar refractivity (Wildman–Crippen MR) is 74.8 cm³/mol. The lowest BCUT2D eigenvalue weighted by Gasteiger charge is -2.37. The summed E-state index contributed by atoms with van der Waals surface area (Å²) in [4.78, 5) is 10.6. The Bertz CT molecular complexity index is 390. The molecule has 1 N–H and O–H groups in total. The number of thioether (sulfide) groups is 1. The second-order valence-electron chi connectivity index (χ2n) is 5.12. The van der Waals surface area contributed by atoms with Crippen molar-refractivity contribution in [3.63, 3.8) is 0 Å². The molecule has 0 bridgehead atoms. The number of ether oxygens (including phenoxy) is 1. The van der Waals surface area contributed by atoms with Crippen molar-refractivity contribution in [2.75, 3.05) is 18.6 Å². The molecule has 0 aromatic rings. The fourth-order valence-corrected chi connectivity index (χ4v) is 3.91. The number of carbonyl (C=O) groups is 1. The normalized spacial score (nSPS) is 27.9. The second-order valence-corrected chi connectivity index (χ2v) is 6.22. The minimum Gasteiger partial charge on any atom is -0.481 e. The molecule has 2 unspecified atom stereocenters. The average Bonchev–Trinajstić information content (AvgIpc) is 2.93. The van der Waals surface area contributed by atoms with E-state index in [4.69, 9.17) is 9.84 Å². The lowest BCUT2D eigenvalue weighted by atomic mass is 9.79. The highest BCUT2D eigenvalue weighted by atomic mass is 32.2. The van der Waals surface area contributed by atoms with Gasteiger partial charge >= 0.3 is 5.97 Å². The van der Waals surface area contributed by atoms with Crippen LogP contribution in [0.5, 0.6) is 0 Å². The van der Waals surface area contributed by atoms with E-state index in [1.165, 1.54) is 11.8 Å². The molecule has 1 aliphatic heterocycles. The van der Waals surface area contributed by atoms with Gasteiger partial charge in [-0.15, -0.1) is 10.2 Å². The third kappa shape index (κ3) is 3.54. The molecule has 8 heteroatoms. The first kappa shape index (κ1) is 15.4. The maximum Gasteiger partial charge on any atom is 0.304 e. The van der Waals surface area contributed by atoms with Gasteiger partial charge in [-0.2, -0.15) is 11.8 Å². The predicted octanol–water partition coefficient (Wildman–Crippen LogP) is 2.93. The molecule has 2 aliphatic rings. The zero-order valence-electron chi connectivity index (χ0n) is 11.6. The summed E-state index contributed by atoms with van der Waals surface area (Å²) in [5.74, 6) is 0.548. The largest absolute Gasteiger partial charge is 0.481 e. The van der Waals surface area contributed by atoms with Crippen molar-refractivity contribution in [2.24, 2.45) is 26.6 Å². The standard InChI is InChI=1S/C12H20N4O3S/c1-19-10-5-3-2-4-9(10)12(13-15-16-14-12)8-20-7-6-11(17)18/h9-10H,2-8H2,1H3,(H,17,18). The van der Waals surface area contributed by atoms with Gasteiger partial charge in [0.05, 0.1) is 12.5 Å². The molecule has 0 aromatic carbocycles. The summed E-state index contributed by atoms with van der Waals surface area (Å²) in [5.41, 5.74) is -0.662. The summed E-state index contributed by atoms with van der Waals surface area (Å²) in [6, 6.07) is 0. The lowest BCUT2D eigenvalue weighted by molar-refractivity contribution is -0.136. The Morgan fingerprint density at radius 1 is 1.35 bits per heavy atom. The van der Waals surface area contributed by atoms with Crippen LogP contribution in [0, 0.1) is 5.92 Å². The van der Waals surface area contributed by atoms with E-state index in [2.05, 4.69) is 20.7 Å². The van der Waals surface area contributed by atoms with Crippen LogP contribution in [0.4, 0.5) is 0 Å². The van der Waals surface area contributed by atoms with E-state index in [0.717, 1.165) is 25.7 Å². The molecule has 1 heterocycles. The lowest BCUT2D eigenvalue weighted by Crippen LogP contribution is -2.45. The van der Waals surface area contributed by atoms with Crippen LogP contribution in [0.25, 0.3) is 0 Å². The third-order valence-electron chi connectivity index (χ3n) is 3.85. The zero-order valence-corrected chi connectivity index (χ0v) is 12.4.